The lowest BCUT2D eigenvalue weighted by Crippen LogP contribution is -2.35. The van der Waals surface area contributed by atoms with E-state index < -0.39 is 5.97 Å². The van der Waals surface area contributed by atoms with E-state index in [4.69, 9.17) is 5.11 Å². The van der Waals surface area contributed by atoms with Crippen LogP contribution in [0.25, 0.3) is 0 Å². The monoisotopic (exact) mass is 265 g/mol. The molecule has 1 aliphatic rings. The van der Waals surface area contributed by atoms with Crippen LogP contribution in [-0.2, 0) is 23.2 Å². The van der Waals surface area contributed by atoms with Crippen molar-refractivity contribution in [2.75, 3.05) is 0 Å². The van der Waals surface area contributed by atoms with Gasteiger partial charge in [0.15, 0.2) is 0 Å². The Balaban J connectivity index is 1.86. The molecule has 1 saturated carbocycles. The number of carbonyl (C=O) groups excluding carboxylic acids is 1. The summed E-state index contributed by atoms with van der Waals surface area (Å²) in [5.74, 6) is -1.39. The van der Waals surface area contributed by atoms with Gasteiger partial charge in [-0.05, 0) is 25.3 Å². The number of aliphatic carboxylic acids is 1. The van der Waals surface area contributed by atoms with Gasteiger partial charge in [0.25, 0.3) is 0 Å². The molecule has 2 atom stereocenters. The molecule has 1 heterocycles. The normalized spacial score (nSPS) is 23.0. The van der Waals surface area contributed by atoms with Crippen LogP contribution in [0.3, 0.4) is 0 Å². The zero-order valence-corrected chi connectivity index (χ0v) is 11.0. The molecule has 2 rings (SSSR count). The van der Waals surface area contributed by atoms with E-state index in [9.17, 15) is 9.59 Å². The third-order valence-corrected chi connectivity index (χ3v) is 3.76. The first-order chi connectivity index (χ1) is 9.08. The second-order valence-corrected chi connectivity index (χ2v) is 5.06. The zero-order chi connectivity index (χ0) is 13.8. The van der Waals surface area contributed by atoms with E-state index in [0.29, 0.717) is 19.4 Å². The minimum Gasteiger partial charge on any atom is -0.481 e. The quantitative estimate of drug-likeness (QED) is 0.848. The van der Waals surface area contributed by atoms with Crippen LogP contribution >= 0.6 is 0 Å². The standard InChI is InChI=1S/C13H19N3O3/c1-16-11(5-6-15-16)8-14-12(17)9-3-2-4-10(7-9)13(18)19/h5-6,9-10H,2-4,7-8H2,1H3,(H,14,17)(H,18,19). The van der Waals surface area contributed by atoms with Gasteiger partial charge >= 0.3 is 5.97 Å². The highest BCUT2D eigenvalue weighted by Crippen LogP contribution is 2.29. The van der Waals surface area contributed by atoms with E-state index in [2.05, 4.69) is 10.4 Å². The molecule has 0 bridgehead atoms. The van der Waals surface area contributed by atoms with Gasteiger partial charge in [0, 0.05) is 19.2 Å². The van der Waals surface area contributed by atoms with Crippen LogP contribution in [0.4, 0.5) is 0 Å². The lowest BCUT2D eigenvalue weighted by molar-refractivity contribution is -0.144. The van der Waals surface area contributed by atoms with Crippen LogP contribution < -0.4 is 5.32 Å². The van der Waals surface area contributed by atoms with Crippen molar-refractivity contribution in [3.63, 3.8) is 0 Å². The van der Waals surface area contributed by atoms with E-state index in [0.717, 1.165) is 18.5 Å². The van der Waals surface area contributed by atoms with Crippen LogP contribution in [0.15, 0.2) is 12.3 Å². The van der Waals surface area contributed by atoms with Crippen LogP contribution in [0.2, 0.25) is 0 Å². The summed E-state index contributed by atoms with van der Waals surface area (Å²) in [6.45, 7) is 0.434. The number of rotatable bonds is 4. The first kappa shape index (κ1) is 13.6. The SMILES string of the molecule is Cn1nccc1CNC(=O)C1CCCC(C(=O)O)C1. The van der Waals surface area contributed by atoms with Crippen molar-refractivity contribution in [2.45, 2.75) is 32.2 Å². The molecule has 0 aliphatic heterocycles. The molecule has 0 aromatic carbocycles. The average molecular weight is 265 g/mol. The molecule has 2 N–H and O–H groups in total. The van der Waals surface area contributed by atoms with Gasteiger partial charge in [-0.1, -0.05) is 6.42 Å². The molecule has 1 aromatic rings. The van der Waals surface area contributed by atoms with Crippen molar-refractivity contribution in [2.24, 2.45) is 18.9 Å². The molecule has 6 nitrogen and oxygen atoms in total. The van der Waals surface area contributed by atoms with Gasteiger partial charge < -0.3 is 10.4 Å². The van der Waals surface area contributed by atoms with Crippen molar-refractivity contribution in [1.29, 1.82) is 0 Å². The van der Waals surface area contributed by atoms with Gasteiger partial charge in [0.2, 0.25) is 5.91 Å². The van der Waals surface area contributed by atoms with E-state index in [-0.39, 0.29) is 17.7 Å². The lowest BCUT2D eigenvalue weighted by Gasteiger charge is -2.25. The fourth-order valence-corrected chi connectivity index (χ4v) is 2.55. The Hall–Kier alpha value is -1.85. The highest BCUT2D eigenvalue weighted by molar-refractivity contribution is 5.80. The van der Waals surface area contributed by atoms with Crippen LogP contribution in [0.1, 0.15) is 31.4 Å². The molecule has 1 aromatic heterocycles. The Morgan fingerprint density at radius 2 is 2.21 bits per heavy atom. The predicted octanol–water partition coefficient (Wildman–Crippen LogP) is 0.927. The first-order valence-corrected chi connectivity index (χ1v) is 6.55. The number of aryl methyl sites for hydroxylation is 1. The minimum atomic E-state index is -0.788. The highest BCUT2D eigenvalue weighted by Gasteiger charge is 2.30. The van der Waals surface area contributed by atoms with Crippen molar-refractivity contribution in [3.8, 4) is 0 Å². The molecular weight excluding hydrogens is 246 g/mol. The number of hydrogen-bond donors (Lipinski definition) is 2. The summed E-state index contributed by atoms with van der Waals surface area (Å²) in [7, 11) is 1.82. The molecule has 6 heteroatoms. The van der Waals surface area contributed by atoms with Crippen molar-refractivity contribution < 1.29 is 14.7 Å². The summed E-state index contributed by atoms with van der Waals surface area (Å²) in [6, 6.07) is 1.85. The maximum atomic E-state index is 12.0. The topological polar surface area (TPSA) is 84.2 Å². The Kier molecular flexibility index (Phi) is 4.19. The Morgan fingerprint density at radius 1 is 1.47 bits per heavy atom. The predicted molar refractivity (Wildman–Crippen MR) is 68.1 cm³/mol. The Bertz CT molecular complexity index is 469. The van der Waals surface area contributed by atoms with Crippen molar-refractivity contribution >= 4 is 11.9 Å². The van der Waals surface area contributed by atoms with E-state index in [1.165, 1.54) is 0 Å². The summed E-state index contributed by atoms with van der Waals surface area (Å²) >= 11 is 0. The highest BCUT2D eigenvalue weighted by atomic mass is 16.4. The average Bonchev–Trinajstić information content (AvgIpc) is 2.81. The van der Waals surface area contributed by atoms with Gasteiger partial charge in [-0.2, -0.15) is 5.10 Å². The van der Waals surface area contributed by atoms with Gasteiger partial charge in [-0.15, -0.1) is 0 Å². The molecule has 1 fully saturated rings. The van der Waals surface area contributed by atoms with Crippen LogP contribution in [-0.4, -0.2) is 26.8 Å². The third kappa shape index (κ3) is 3.33. The number of nitrogens with one attached hydrogen (secondary N) is 1. The second kappa shape index (κ2) is 5.86. The van der Waals surface area contributed by atoms with Crippen molar-refractivity contribution in [1.82, 2.24) is 15.1 Å². The molecular formula is C13H19N3O3. The fourth-order valence-electron chi connectivity index (χ4n) is 2.55. The van der Waals surface area contributed by atoms with E-state index >= 15 is 0 Å². The molecule has 104 valence electrons. The Morgan fingerprint density at radius 3 is 2.84 bits per heavy atom. The van der Waals surface area contributed by atoms with Gasteiger partial charge in [-0.3, -0.25) is 14.3 Å². The van der Waals surface area contributed by atoms with Crippen molar-refractivity contribution in [3.05, 3.63) is 18.0 Å². The summed E-state index contributed by atoms with van der Waals surface area (Å²) in [4.78, 5) is 23.0. The number of hydrogen-bond acceptors (Lipinski definition) is 3. The maximum Gasteiger partial charge on any atom is 0.306 e. The molecule has 0 saturated heterocycles. The molecule has 1 aliphatic carbocycles. The molecule has 0 spiro atoms. The number of carboxylic acid groups (broad SMARTS) is 1. The number of nitrogens with zero attached hydrogens (tertiary/aromatic N) is 2. The summed E-state index contributed by atoms with van der Waals surface area (Å²) in [5, 5.41) is 15.9. The molecule has 0 radical (unpaired) electrons. The van der Waals surface area contributed by atoms with Crippen LogP contribution in [0, 0.1) is 11.8 Å². The molecule has 19 heavy (non-hydrogen) atoms. The zero-order valence-electron chi connectivity index (χ0n) is 11.0. The van der Waals surface area contributed by atoms with Crippen LogP contribution in [0.5, 0.6) is 0 Å². The number of carboxylic acids is 1. The summed E-state index contributed by atoms with van der Waals surface area (Å²) in [5.41, 5.74) is 0.930. The second-order valence-electron chi connectivity index (χ2n) is 5.06. The largest absolute Gasteiger partial charge is 0.481 e. The van der Waals surface area contributed by atoms with Gasteiger partial charge in [0.1, 0.15) is 0 Å². The minimum absolute atomic E-state index is 0.0489. The maximum absolute atomic E-state index is 12.0. The van der Waals surface area contributed by atoms with Gasteiger partial charge in [0.05, 0.1) is 18.2 Å². The number of carbonyl (C=O) groups is 2. The first-order valence-electron chi connectivity index (χ1n) is 6.55. The van der Waals surface area contributed by atoms with Gasteiger partial charge in [-0.25, -0.2) is 0 Å². The van der Waals surface area contributed by atoms with E-state index in [1.807, 2.05) is 13.1 Å². The third-order valence-electron chi connectivity index (χ3n) is 3.76. The summed E-state index contributed by atoms with van der Waals surface area (Å²) in [6.07, 6.45) is 4.40. The fraction of sp³-hybridized carbons (Fsp3) is 0.615. The smallest absolute Gasteiger partial charge is 0.306 e. The molecule has 1 amide bonds. The summed E-state index contributed by atoms with van der Waals surface area (Å²) < 4.78 is 1.71. The molecule has 2 unspecified atom stereocenters. The van der Waals surface area contributed by atoms with E-state index in [1.54, 1.807) is 10.9 Å². The number of amides is 1. The lowest BCUT2D eigenvalue weighted by atomic mass is 9.81. The Labute approximate surface area is 111 Å². The number of aromatic nitrogens is 2.